The van der Waals surface area contributed by atoms with Crippen LogP contribution in [0, 0.1) is 0 Å². The Morgan fingerprint density at radius 1 is 1.25 bits per heavy atom. The van der Waals surface area contributed by atoms with Gasteiger partial charge in [-0.05, 0) is 26.6 Å². The fourth-order valence-electron chi connectivity index (χ4n) is 1.07. The molecule has 0 aromatic carbocycles. The molecule has 0 bridgehead atoms. The summed E-state index contributed by atoms with van der Waals surface area (Å²) in [6.07, 6.45) is 3.97. The van der Waals surface area contributed by atoms with Gasteiger partial charge in [0.05, 0.1) is 0 Å². The first kappa shape index (κ1) is 6.15. The Kier molecular flexibility index (Phi) is 2.41. The van der Waals surface area contributed by atoms with Crippen LogP contribution in [0.2, 0.25) is 12.6 Å². The van der Waals surface area contributed by atoms with Crippen LogP contribution in [-0.2, 0) is 0 Å². The maximum absolute atomic E-state index is 2.39. The van der Waals surface area contributed by atoms with E-state index < -0.39 is 0 Å². The van der Waals surface area contributed by atoms with Crippen molar-refractivity contribution in [2.45, 2.75) is 19.1 Å². The standard InChI is InChI=1S/C6H13BN/c1-8-5-2-3-7-4-6-8/h2-6H2,1H3. The number of hydrogen-bond acceptors (Lipinski definition) is 1. The quantitative estimate of drug-likeness (QED) is 0.418. The normalized spacial score (nSPS) is 24.1. The zero-order valence-corrected chi connectivity index (χ0v) is 5.56. The Balaban J connectivity index is 2.17. The highest BCUT2D eigenvalue weighted by Gasteiger charge is 2.02. The second-order valence-electron chi connectivity index (χ2n) is 2.52. The second kappa shape index (κ2) is 3.13. The molecule has 1 fully saturated rings. The minimum Gasteiger partial charge on any atom is -0.307 e. The van der Waals surface area contributed by atoms with Gasteiger partial charge in [-0.25, -0.2) is 0 Å². The molecule has 0 aromatic rings. The zero-order chi connectivity index (χ0) is 5.82. The maximum atomic E-state index is 2.39. The Morgan fingerprint density at radius 3 is 3.00 bits per heavy atom. The van der Waals surface area contributed by atoms with Gasteiger partial charge in [-0.1, -0.05) is 12.6 Å². The van der Waals surface area contributed by atoms with Crippen LogP contribution in [0.5, 0.6) is 0 Å². The van der Waals surface area contributed by atoms with Gasteiger partial charge in [0.1, 0.15) is 7.28 Å². The summed E-state index contributed by atoms with van der Waals surface area (Å²) in [5, 5.41) is 0. The van der Waals surface area contributed by atoms with Crippen LogP contribution in [0.4, 0.5) is 0 Å². The fourth-order valence-corrected chi connectivity index (χ4v) is 1.07. The van der Waals surface area contributed by atoms with E-state index in [9.17, 15) is 0 Å². The van der Waals surface area contributed by atoms with E-state index in [-0.39, 0.29) is 0 Å². The molecule has 0 spiro atoms. The zero-order valence-electron chi connectivity index (χ0n) is 5.56. The molecular weight excluding hydrogens is 96.9 g/mol. The van der Waals surface area contributed by atoms with Crippen LogP contribution in [0.3, 0.4) is 0 Å². The van der Waals surface area contributed by atoms with Crippen molar-refractivity contribution in [2.75, 3.05) is 20.1 Å². The van der Waals surface area contributed by atoms with E-state index in [0.29, 0.717) is 0 Å². The summed E-state index contributed by atoms with van der Waals surface area (Å²) in [6, 6.07) is 0. The third kappa shape index (κ3) is 1.87. The van der Waals surface area contributed by atoms with Crippen molar-refractivity contribution in [3.05, 3.63) is 0 Å². The molecule has 2 heteroatoms. The lowest BCUT2D eigenvalue weighted by Crippen LogP contribution is -2.18. The van der Waals surface area contributed by atoms with E-state index in [1.165, 1.54) is 32.2 Å². The van der Waals surface area contributed by atoms with Gasteiger partial charge < -0.3 is 4.90 Å². The van der Waals surface area contributed by atoms with Crippen LogP contribution in [-0.4, -0.2) is 32.3 Å². The van der Waals surface area contributed by atoms with Gasteiger partial charge in [-0.3, -0.25) is 0 Å². The van der Waals surface area contributed by atoms with Crippen molar-refractivity contribution in [2.24, 2.45) is 0 Å². The molecule has 0 aromatic heterocycles. The minimum atomic E-state index is 1.26. The van der Waals surface area contributed by atoms with E-state index in [1.807, 2.05) is 0 Å². The average molecular weight is 110 g/mol. The third-order valence-corrected chi connectivity index (χ3v) is 1.66. The van der Waals surface area contributed by atoms with Crippen molar-refractivity contribution in [3.63, 3.8) is 0 Å². The van der Waals surface area contributed by atoms with Crippen LogP contribution >= 0.6 is 0 Å². The largest absolute Gasteiger partial charge is 0.307 e. The Hall–Kier alpha value is 0.0249. The number of hydrogen-bond donors (Lipinski definition) is 0. The Morgan fingerprint density at radius 2 is 2.12 bits per heavy atom. The van der Waals surface area contributed by atoms with Gasteiger partial charge in [0.15, 0.2) is 0 Å². The third-order valence-electron chi connectivity index (χ3n) is 1.66. The van der Waals surface area contributed by atoms with E-state index >= 15 is 0 Å². The molecule has 1 aliphatic heterocycles. The second-order valence-corrected chi connectivity index (χ2v) is 2.52. The van der Waals surface area contributed by atoms with Crippen molar-refractivity contribution >= 4 is 7.28 Å². The summed E-state index contributed by atoms with van der Waals surface area (Å²) in [4.78, 5) is 2.39. The van der Waals surface area contributed by atoms with Gasteiger partial charge in [-0.2, -0.15) is 0 Å². The first-order chi connectivity index (χ1) is 3.89. The molecule has 8 heavy (non-hydrogen) atoms. The lowest BCUT2D eigenvalue weighted by molar-refractivity contribution is 0.360. The maximum Gasteiger partial charge on any atom is 0.111 e. The van der Waals surface area contributed by atoms with Crippen molar-refractivity contribution in [1.82, 2.24) is 4.90 Å². The molecule has 0 aliphatic carbocycles. The van der Waals surface area contributed by atoms with Crippen molar-refractivity contribution < 1.29 is 0 Å². The molecule has 1 aliphatic rings. The minimum absolute atomic E-state index is 1.26. The average Bonchev–Trinajstić information content (AvgIpc) is 1.94. The van der Waals surface area contributed by atoms with Gasteiger partial charge in [-0.15, -0.1) is 0 Å². The van der Waals surface area contributed by atoms with Gasteiger partial charge in [0, 0.05) is 0 Å². The molecule has 1 saturated heterocycles. The molecule has 45 valence electrons. The Bertz CT molecular complexity index is 57.5. The van der Waals surface area contributed by atoms with E-state index in [4.69, 9.17) is 0 Å². The summed E-state index contributed by atoms with van der Waals surface area (Å²) in [6.45, 7) is 2.55. The van der Waals surface area contributed by atoms with E-state index in [0.717, 1.165) is 0 Å². The van der Waals surface area contributed by atoms with Crippen molar-refractivity contribution in [1.29, 1.82) is 0 Å². The molecule has 1 nitrogen and oxygen atoms in total. The predicted octanol–water partition coefficient (Wildman–Crippen LogP) is 0.863. The summed E-state index contributed by atoms with van der Waals surface area (Å²) >= 11 is 0. The molecule has 0 atom stereocenters. The van der Waals surface area contributed by atoms with Gasteiger partial charge in [0.25, 0.3) is 0 Å². The number of nitrogens with zero attached hydrogens (tertiary/aromatic N) is 1. The van der Waals surface area contributed by atoms with Crippen LogP contribution in [0.25, 0.3) is 0 Å². The highest BCUT2D eigenvalue weighted by molar-refractivity contribution is 6.35. The highest BCUT2D eigenvalue weighted by Crippen LogP contribution is 2.01. The fraction of sp³-hybridized carbons (Fsp3) is 1.00. The van der Waals surface area contributed by atoms with E-state index in [1.54, 1.807) is 0 Å². The Labute approximate surface area is 52.3 Å². The lowest BCUT2D eigenvalue weighted by Gasteiger charge is -2.10. The molecule has 0 amide bonds. The van der Waals surface area contributed by atoms with Gasteiger partial charge >= 0.3 is 0 Å². The lowest BCUT2D eigenvalue weighted by atomic mass is 9.71. The topological polar surface area (TPSA) is 3.24 Å². The molecular formula is C6H13BN. The molecule has 1 radical (unpaired) electrons. The predicted molar refractivity (Wildman–Crippen MR) is 37.5 cm³/mol. The summed E-state index contributed by atoms with van der Waals surface area (Å²) in [7, 11) is 4.59. The van der Waals surface area contributed by atoms with Crippen LogP contribution in [0.15, 0.2) is 0 Å². The summed E-state index contributed by atoms with van der Waals surface area (Å²) in [5.41, 5.74) is 0. The highest BCUT2D eigenvalue weighted by atomic mass is 15.1. The smallest absolute Gasteiger partial charge is 0.111 e. The monoisotopic (exact) mass is 110 g/mol. The molecule has 1 heterocycles. The molecule has 0 unspecified atom stereocenters. The summed E-state index contributed by atoms with van der Waals surface area (Å²) in [5.74, 6) is 0. The molecule has 1 rings (SSSR count). The first-order valence-corrected chi connectivity index (χ1v) is 3.40. The van der Waals surface area contributed by atoms with Crippen molar-refractivity contribution in [3.8, 4) is 0 Å². The van der Waals surface area contributed by atoms with Gasteiger partial charge in [0.2, 0.25) is 0 Å². The van der Waals surface area contributed by atoms with Crippen LogP contribution in [0.1, 0.15) is 6.42 Å². The molecule has 0 saturated carbocycles. The first-order valence-electron chi connectivity index (χ1n) is 3.40. The van der Waals surface area contributed by atoms with E-state index in [2.05, 4.69) is 19.2 Å². The van der Waals surface area contributed by atoms with Crippen LogP contribution < -0.4 is 0 Å². The number of rotatable bonds is 0. The SMILES string of the molecule is CN1CC[B]CCC1. The summed E-state index contributed by atoms with van der Waals surface area (Å²) < 4.78 is 0. The molecule has 0 N–H and O–H groups in total.